The van der Waals surface area contributed by atoms with Crippen molar-refractivity contribution in [1.29, 1.82) is 0 Å². The number of sulfonamides is 1. The number of piperazine rings is 1. The van der Waals surface area contributed by atoms with Crippen molar-refractivity contribution in [1.82, 2.24) is 24.3 Å². The Kier molecular flexibility index (Phi) is 11.9. The number of nitrogens with one attached hydrogen (secondary N) is 1. The average Bonchev–Trinajstić information content (AvgIpc) is 3.74. The quantitative estimate of drug-likeness (QED) is 0.241. The number of nitrogens with zero attached hydrogens (tertiary/aromatic N) is 5. The van der Waals surface area contributed by atoms with Crippen LogP contribution in [0, 0.1) is 0 Å². The van der Waals surface area contributed by atoms with E-state index < -0.39 is 26.6 Å². The molecule has 0 unspecified atom stereocenters. The first-order valence-corrected chi connectivity index (χ1v) is 21.2. The van der Waals surface area contributed by atoms with Crippen LogP contribution in [0.2, 0.25) is 15.1 Å². The van der Waals surface area contributed by atoms with E-state index in [0.717, 1.165) is 37.1 Å². The fraction of sp³-hybridized carbons (Fsp3) is 0.475. The van der Waals surface area contributed by atoms with Gasteiger partial charge >= 0.3 is 6.03 Å². The molecule has 296 valence electrons. The first-order valence-electron chi connectivity index (χ1n) is 18.6. The maximum Gasteiger partial charge on any atom is 0.326 e. The van der Waals surface area contributed by atoms with Crippen LogP contribution in [0.5, 0.6) is 5.75 Å². The highest BCUT2D eigenvalue weighted by molar-refractivity contribution is 7.89. The Morgan fingerprint density at radius 2 is 1.40 bits per heavy atom. The Labute approximate surface area is 339 Å². The van der Waals surface area contributed by atoms with Gasteiger partial charge in [-0.25, -0.2) is 17.9 Å². The topological polar surface area (TPSA) is 115 Å². The number of halogens is 3. The van der Waals surface area contributed by atoms with Gasteiger partial charge < -0.3 is 14.5 Å². The van der Waals surface area contributed by atoms with E-state index in [0.29, 0.717) is 42.8 Å². The maximum atomic E-state index is 15.4. The van der Waals surface area contributed by atoms with Crippen molar-refractivity contribution in [3.63, 3.8) is 0 Å². The fourth-order valence-electron chi connectivity index (χ4n) is 7.71. The molecule has 2 atom stereocenters. The summed E-state index contributed by atoms with van der Waals surface area (Å²) in [6.07, 6.45) is 2.04. The Hall–Kier alpha value is -3.39. The lowest BCUT2D eigenvalue weighted by molar-refractivity contribution is -0.131. The first-order chi connectivity index (χ1) is 25.9. The van der Waals surface area contributed by atoms with E-state index in [2.05, 4.69) is 9.62 Å². The summed E-state index contributed by atoms with van der Waals surface area (Å²) >= 11 is 19.5. The zero-order valence-electron chi connectivity index (χ0n) is 32.2. The summed E-state index contributed by atoms with van der Waals surface area (Å²) in [6.45, 7) is 14.8. The number of aliphatic imine (C=N–C) groups is 1. The summed E-state index contributed by atoms with van der Waals surface area (Å²) in [5.74, 6) is 0.583. The van der Waals surface area contributed by atoms with Gasteiger partial charge in [0.15, 0.2) is 0 Å². The molecule has 0 radical (unpaired) electrons. The van der Waals surface area contributed by atoms with Crippen molar-refractivity contribution in [3.05, 3.63) is 92.4 Å². The van der Waals surface area contributed by atoms with Crippen LogP contribution in [0.1, 0.15) is 71.1 Å². The molecule has 1 N–H and O–H groups in total. The molecule has 3 aliphatic heterocycles. The highest BCUT2D eigenvalue weighted by atomic mass is 35.5. The summed E-state index contributed by atoms with van der Waals surface area (Å²) < 4.78 is 36.6. The summed E-state index contributed by atoms with van der Waals surface area (Å²) in [4.78, 5) is 41.1. The first kappa shape index (κ1) is 41.2. The van der Waals surface area contributed by atoms with E-state index in [9.17, 15) is 13.2 Å². The fourth-order valence-corrected chi connectivity index (χ4v) is 9.93. The summed E-state index contributed by atoms with van der Waals surface area (Å²) in [7, 11) is -4.16. The lowest BCUT2D eigenvalue weighted by Gasteiger charge is -2.47. The minimum atomic E-state index is -4.16. The Morgan fingerprint density at radius 3 is 1.95 bits per heavy atom. The minimum absolute atomic E-state index is 0.0408. The van der Waals surface area contributed by atoms with Gasteiger partial charge in [-0.1, -0.05) is 59.1 Å². The van der Waals surface area contributed by atoms with Crippen LogP contribution in [-0.4, -0.2) is 104 Å². The molecular formula is C40H49Cl3N6O5S. The van der Waals surface area contributed by atoms with E-state index in [1.807, 2.05) is 49.9 Å². The van der Waals surface area contributed by atoms with E-state index >= 15 is 4.79 Å². The van der Waals surface area contributed by atoms with Crippen LogP contribution in [-0.2, 0) is 25.9 Å². The van der Waals surface area contributed by atoms with Crippen LogP contribution in [0.4, 0.5) is 4.79 Å². The van der Waals surface area contributed by atoms with Gasteiger partial charge in [-0.15, -0.1) is 0 Å². The predicted octanol–water partition coefficient (Wildman–Crippen LogP) is 7.38. The molecule has 3 aliphatic rings. The molecule has 0 aromatic heterocycles. The number of amides is 3. The third-order valence-electron chi connectivity index (χ3n) is 10.7. The van der Waals surface area contributed by atoms with Crippen LogP contribution < -0.4 is 9.46 Å². The normalized spacial score (nSPS) is 22.3. The molecule has 0 saturated carbocycles. The van der Waals surface area contributed by atoms with E-state index in [4.69, 9.17) is 44.5 Å². The van der Waals surface area contributed by atoms with Crippen LogP contribution in [0.25, 0.3) is 0 Å². The number of carbonyl (C=O) groups excluding carboxylic acids is 2. The van der Waals surface area contributed by atoms with Gasteiger partial charge in [-0.05, 0) is 95.8 Å². The number of carbonyl (C=O) groups is 2. The van der Waals surface area contributed by atoms with Gasteiger partial charge in [0.1, 0.15) is 27.6 Å². The Balaban J connectivity index is 1.52. The van der Waals surface area contributed by atoms with Gasteiger partial charge in [-0.3, -0.25) is 19.6 Å². The van der Waals surface area contributed by atoms with Crippen molar-refractivity contribution in [2.45, 2.75) is 75.9 Å². The largest absolute Gasteiger partial charge is 0.493 e. The van der Waals surface area contributed by atoms with Gasteiger partial charge in [0.2, 0.25) is 15.9 Å². The van der Waals surface area contributed by atoms with Gasteiger partial charge in [-0.2, -0.15) is 0 Å². The van der Waals surface area contributed by atoms with Crippen molar-refractivity contribution < 1.29 is 22.7 Å². The highest BCUT2D eigenvalue weighted by Crippen LogP contribution is 2.54. The molecule has 2 fully saturated rings. The number of urea groups is 1. The van der Waals surface area contributed by atoms with E-state index in [1.165, 1.54) is 12.1 Å². The van der Waals surface area contributed by atoms with Crippen LogP contribution >= 0.6 is 34.8 Å². The summed E-state index contributed by atoms with van der Waals surface area (Å²) in [5.41, 5.74) is -1.40. The third-order valence-corrected chi connectivity index (χ3v) is 13.4. The Morgan fingerprint density at radius 1 is 0.836 bits per heavy atom. The standard InChI is InChI=1S/C40H49Cl3N6O5S/c1-7-54-33-25-32(43)34(55(52,53)45-38(2,3)4)24-31(33)36-44-39(5,27-10-14-29(41)15-11-27)40(6,28-12-16-30(42)17-13-28)49(36)37(51)48-22-20-46(21-23-48)26-35(50)47-18-8-9-19-47/h10-17,24-25,45H,7-9,18-23,26H2,1-6H3/t39-,40+/m0/s1. The molecule has 2 saturated heterocycles. The molecular weight excluding hydrogens is 783 g/mol. The monoisotopic (exact) mass is 830 g/mol. The predicted molar refractivity (Wildman–Crippen MR) is 218 cm³/mol. The zero-order chi connectivity index (χ0) is 39.9. The second-order valence-electron chi connectivity index (χ2n) is 15.6. The number of hydrogen-bond donors (Lipinski definition) is 1. The lowest BCUT2D eigenvalue weighted by Crippen LogP contribution is -2.61. The number of rotatable bonds is 9. The molecule has 15 heteroatoms. The second-order valence-corrected chi connectivity index (χ2v) is 18.6. The molecule has 0 spiro atoms. The van der Waals surface area contributed by atoms with Crippen molar-refractivity contribution in [3.8, 4) is 5.75 Å². The molecule has 0 bridgehead atoms. The number of ether oxygens (including phenoxy) is 1. The van der Waals surface area contributed by atoms with Crippen molar-refractivity contribution in [2.24, 2.45) is 4.99 Å². The van der Waals surface area contributed by atoms with Crippen molar-refractivity contribution in [2.75, 3.05) is 52.4 Å². The summed E-state index contributed by atoms with van der Waals surface area (Å²) in [5, 5.41) is 1.02. The third kappa shape index (κ3) is 8.22. The van der Waals surface area contributed by atoms with Crippen molar-refractivity contribution >= 4 is 62.6 Å². The Bertz CT molecular complexity index is 2060. The lowest BCUT2D eigenvalue weighted by atomic mass is 9.71. The van der Waals surface area contributed by atoms with E-state index in [-0.39, 0.29) is 45.6 Å². The average molecular weight is 832 g/mol. The number of benzene rings is 3. The van der Waals surface area contributed by atoms with Crippen LogP contribution in [0.3, 0.4) is 0 Å². The number of likely N-dealkylation sites (tertiary alicyclic amines) is 1. The van der Waals surface area contributed by atoms with E-state index in [1.54, 1.807) is 54.8 Å². The molecule has 11 nitrogen and oxygen atoms in total. The maximum absolute atomic E-state index is 15.4. The SMILES string of the molecule is CCOc1cc(Cl)c(S(=O)(=O)NC(C)(C)C)cc1C1=N[C@@](C)(c2ccc(Cl)cc2)[C@@](C)(c2ccc(Cl)cc2)N1C(=O)N1CCN(CC(=O)N2CCCC2)CC1. The molecule has 3 heterocycles. The van der Waals surface area contributed by atoms with Gasteiger partial charge in [0, 0.05) is 60.9 Å². The zero-order valence-corrected chi connectivity index (χ0v) is 35.2. The minimum Gasteiger partial charge on any atom is -0.493 e. The smallest absolute Gasteiger partial charge is 0.326 e. The molecule has 6 rings (SSSR count). The second kappa shape index (κ2) is 15.9. The molecule has 0 aliphatic carbocycles. The van der Waals surface area contributed by atoms with Gasteiger partial charge in [0.05, 0.1) is 23.7 Å². The van der Waals surface area contributed by atoms with Crippen LogP contribution in [0.15, 0.2) is 70.6 Å². The molecule has 3 amide bonds. The number of hydrogen-bond acceptors (Lipinski definition) is 7. The number of amidine groups is 1. The van der Waals surface area contributed by atoms with Gasteiger partial charge in [0.25, 0.3) is 0 Å². The molecule has 55 heavy (non-hydrogen) atoms. The summed E-state index contributed by atoms with van der Waals surface area (Å²) in [6, 6.07) is 17.2. The molecule has 3 aromatic carbocycles. The highest BCUT2D eigenvalue weighted by Gasteiger charge is 2.60. The molecule has 3 aromatic rings.